The van der Waals surface area contributed by atoms with Gasteiger partial charge in [0.05, 0.1) is 23.8 Å². The van der Waals surface area contributed by atoms with Crippen molar-refractivity contribution in [2.75, 3.05) is 5.75 Å². The summed E-state index contributed by atoms with van der Waals surface area (Å²) in [6, 6.07) is 0. The highest BCUT2D eigenvalue weighted by molar-refractivity contribution is 7.99. The first kappa shape index (κ1) is 12.0. The fraction of sp³-hybridized carbons (Fsp3) is 0.667. The van der Waals surface area contributed by atoms with Gasteiger partial charge in [-0.3, -0.25) is 10.1 Å². The second-order valence-corrected chi connectivity index (χ2v) is 5.86. The van der Waals surface area contributed by atoms with Gasteiger partial charge < -0.3 is 9.42 Å². The molecule has 4 rings (SSSR count). The molecule has 1 amide bonds. The van der Waals surface area contributed by atoms with E-state index in [0.717, 1.165) is 35.6 Å². The third-order valence-electron chi connectivity index (χ3n) is 3.71. The van der Waals surface area contributed by atoms with E-state index in [4.69, 9.17) is 4.52 Å². The third kappa shape index (κ3) is 1.93. The number of aromatic nitrogens is 1. The first-order chi connectivity index (χ1) is 8.66. The predicted octanol–water partition coefficient (Wildman–Crippen LogP) is 1.40. The molecule has 2 atom stereocenters. The van der Waals surface area contributed by atoms with Crippen molar-refractivity contribution in [3.05, 3.63) is 17.0 Å². The Hall–Kier alpha value is -1.01. The highest BCUT2D eigenvalue weighted by Gasteiger charge is 2.46. The summed E-state index contributed by atoms with van der Waals surface area (Å²) in [7, 11) is 0. The molecule has 0 spiro atoms. The van der Waals surface area contributed by atoms with Gasteiger partial charge in [-0.05, 0) is 26.7 Å². The molecule has 3 fully saturated rings. The van der Waals surface area contributed by atoms with Crippen LogP contribution in [0.5, 0.6) is 0 Å². The van der Waals surface area contributed by atoms with Crippen molar-refractivity contribution in [3.63, 3.8) is 0 Å². The molecule has 4 heterocycles. The summed E-state index contributed by atoms with van der Waals surface area (Å²) in [5.41, 5.74) is 2.05. The zero-order chi connectivity index (χ0) is 12.7. The molecule has 6 heteroatoms. The molecule has 0 saturated carbocycles. The van der Waals surface area contributed by atoms with Crippen LogP contribution in [0, 0.1) is 13.8 Å². The van der Waals surface area contributed by atoms with Crippen LogP contribution < -0.4 is 5.32 Å². The molecule has 1 aromatic heterocycles. The van der Waals surface area contributed by atoms with Gasteiger partial charge in [0.1, 0.15) is 5.76 Å². The van der Waals surface area contributed by atoms with E-state index in [1.165, 1.54) is 0 Å². The number of rotatable bonds is 4. The molecule has 98 valence electrons. The highest BCUT2D eigenvalue weighted by atomic mass is 32.2. The first-order valence-electron chi connectivity index (χ1n) is 6.23. The van der Waals surface area contributed by atoms with Gasteiger partial charge >= 0.3 is 0 Å². The van der Waals surface area contributed by atoms with Crippen LogP contribution in [0.1, 0.15) is 29.9 Å². The predicted molar refractivity (Wildman–Crippen MR) is 68.9 cm³/mol. The van der Waals surface area contributed by atoms with Gasteiger partial charge in [-0.15, -0.1) is 11.8 Å². The SMILES string of the molecule is Cc1noc(C)c1CSCC(=O)N1C2CCC1N2. The smallest absolute Gasteiger partial charge is 0.235 e. The standard InChI is InChI=1S/C12H17N3O2S/c1-7-9(8(2)17-14-7)5-18-6-12(16)15-10-3-4-11(15)13-10/h10-11,13H,3-6H2,1-2H3. The maximum atomic E-state index is 12.0. The van der Waals surface area contributed by atoms with Crippen molar-refractivity contribution in [2.45, 2.75) is 44.8 Å². The van der Waals surface area contributed by atoms with E-state index in [2.05, 4.69) is 10.5 Å². The Morgan fingerprint density at radius 2 is 2.22 bits per heavy atom. The van der Waals surface area contributed by atoms with Crippen molar-refractivity contribution in [1.29, 1.82) is 0 Å². The molecule has 0 aliphatic carbocycles. The molecule has 18 heavy (non-hydrogen) atoms. The van der Waals surface area contributed by atoms with Gasteiger partial charge in [-0.25, -0.2) is 0 Å². The summed E-state index contributed by atoms with van der Waals surface area (Å²) in [6.07, 6.45) is 2.82. The summed E-state index contributed by atoms with van der Waals surface area (Å²) in [4.78, 5) is 14.0. The Labute approximate surface area is 110 Å². The second kappa shape index (κ2) is 4.59. The minimum Gasteiger partial charge on any atom is -0.361 e. The monoisotopic (exact) mass is 267 g/mol. The van der Waals surface area contributed by atoms with Crippen LogP contribution in [-0.2, 0) is 10.5 Å². The lowest BCUT2D eigenvalue weighted by atomic mass is 10.2. The van der Waals surface area contributed by atoms with Crippen LogP contribution in [0.25, 0.3) is 0 Å². The molecule has 1 aromatic rings. The van der Waals surface area contributed by atoms with Crippen LogP contribution >= 0.6 is 11.8 Å². The number of fused-ring (bicyclic) bond motifs is 1. The average Bonchev–Trinajstić information content (AvgIpc) is 2.99. The van der Waals surface area contributed by atoms with Crippen molar-refractivity contribution < 1.29 is 9.32 Å². The molecule has 0 aromatic carbocycles. The Kier molecular flexibility index (Phi) is 3.07. The molecular weight excluding hydrogens is 250 g/mol. The zero-order valence-electron chi connectivity index (χ0n) is 10.6. The van der Waals surface area contributed by atoms with E-state index in [1.807, 2.05) is 18.7 Å². The van der Waals surface area contributed by atoms with Crippen LogP contribution in [0.4, 0.5) is 0 Å². The highest BCUT2D eigenvalue weighted by Crippen LogP contribution is 2.31. The van der Waals surface area contributed by atoms with E-state index >= 15 is 0 Å². The number of nitrogens with one attached hydrogen (secondary N) is 1. The summed E-state index contributed by atoms with van der Waals surface area (Å²) in [6.45, 7) is 3.85. The molecule has 2 bridgehead atoms. The van der Waals surface area contributed by atoms with Crippen molar-refractivity contribution in [2.24, 2.45) is 0 Å². The summed E-state index contributed by atoms with van der Waals surface area (Å²) >= 11 is 1.64. The van der Waals surface area contributed by atoms with Gasteiger partial charge in [-0.1, -0.05) is 5.16 Å². The van der Waals surface area contributed by atoms with E-state index < -0.39 is 0 Å². The number of carbonyl (C=O) groups is 1. The number of nitrogens with zero attached hydrogens (tertiary/aromatic N) is 2. The van der Waals surface area contributed by atoms with Gasteiger partial charge in [0.25, 0.3) is 0 Å². The molecule has 3 aliphatic heterocycles. The summed E-state index contributed by atoms with van der Waals surface area (Å²) in [5.74, 6) is 2.44. The minimum absolute atomic E-state index is 0.248. The lowest BCUT2D eigenvalue weighted by molar-refractivity contribution is -0.139. The van der Waals surface area contributed by atoms with E-state index in [9.17, 15) is 4.79 Å². The largest absolute Gasteiger partial charge is 0.361 e. The van der Waals surface area contributed by atoms with E-state index in [0.29, 0.717) is 18.1 Å². The summed E-state index contributed by atoms with van der Waals surface area (Å²) < 4.78 is 5.11. The fourth-order valence-corrected chi connectivity index (χ4v) is 3.69. The number of hydrogen-bond acceptors (Lipinski definition) is 5. The Bertz CT molecular complexity index is 440. The number of thioether (sulfide) groups is 1. The van der Waals surface area contributed by atoms with E-state index in [-0.39, 0.29) is 5.91 Å². The molecule has 3 saturated heterocycles. The molecule has 2 unspecified atom stereocenters. The van der Waals surface area contributed by atoms with Gasteiger partial charge in [-0.2, -0.15) is 0 Å². The lowest BCUT2D eigenvalue weighted by Gasteiger charge is -2.41. The van der Waals surface area contributed by atoms with Gasteiger partial charge in [0.15, 0.2) is 0 Å². The van der Waals surface area contributed by atoms with Crippen molar-refractivity contribution in [1.82, 2.24) is 15.4 Å². The maximum absolute atomic E-state index is 12.0. The second-order valence-electron chi connectivity index (χ2n) is 4.87. The Morgan fingerprint density at radius 3 is 2.78 bits per heavy atom. The van der Waals surface area contributed by atoms with Crippen LogP contribution in [0.2, 0.25) is 0 Å². The molecular formula is C12H17N3O2S. The Morgan fingerprint density at radius 1 is 1.50 bits per heavy atom. The quantitative estimate of drug-likeness (QED) is 0.893. The number of aryl methyl sites for hydroxylation is 2. The normalized spacial score (nSPS) is 25.3. The Balaban J connectivity index is 1.49. The number of hydrogen-bond donors (Lipinski definition) is 1. The molecule has 0 radical (unpaired) electrons. The average molecular weight is 267 g/mol. The zero-order valence-corrected chi connectivity index (χ0v) is 11.4. The minimum atomic E-state index is 0.248. The number of amides is 1. The van der Waals surface area contributed by atoms with E-state index in [1.54, 1.807) is 11.8 Å². The third-order valence-corrected chi connectivity index (χ3v) is 4.65. The van der Waals surface area contributed by atoms with Gasteiger partial charge in [0.2, 0.25) is 5.91 Å². The number of carbonyl (C=O) groups excluding carboxylic acids is 1. The molecule has 1 N–H and O–H groups in total. The first-order valence-corrected chi connectivity index (χ1v) is 7.39. The summed E-state index contributed by atoms with van der Waals surface area (Å²) in [5, 5.41) is 7.26. The molecule has 5 nitrogen and oxygen atoms in total. The van der Waals surface area contributed by atoms with Gasteiger partial charge in [0, 0.05) is 11.3 Å². The maximum Gasteiger partial charge on any atom is 0.235 e. The fourth-order valence-electron chi connectivity index (χ4n) is 2.65. The lowest BCUT2D eigenvalue weighted by Crippen LogP contribution is -2.65. The van der Waals surface area contributed by atoms with Crippen LogP contribution in [-0.4, -0.2) is 34.0 Å². The van der Waals surface area contributed by atoms with Crippen molar-refractivity contribution in [3.8, 4) is 0 Å². The van der Waals surface area contributed by atoms with Crippen LogP contribution in [0.15, 0.2) is 4.52 Å². The topological polar surface area (TPSA) is 58.4 Å². The van der Waals surface area contributed by atoms with Crippen molar-refractivity contribution >= 4 is 17.7 Å². The molecule has 3 aliphatic rings. The van der Waals surface area contributed by atoms with Crippen LogP contribution in [0.3, 0.4) is 0 Å².